The Bertz CT molecular complexity index is 963. The molecule has 0 aromatic heterocycles. The Balaban J connectivity index is 1.94. The fourth-order valence-corrected chi connectivity index (χ4v) is 3.85. The van der Waals surface area contributed by atoms with Gasteiger partial charge in [-0.15, -0.1) is 0 Å². The number of nitrogens with zero attached hydrogens (tertiary/aromatic N) is 1. The van der Waals surface area contributed by atoms with Gasteiger partial charge in [0, 0.05) is 12.1 Å². The zero-order chi connectivity index (χ0) is 23.1. The van der Waals surface area contributed by atoms with Crippen molar-refractivity contribution in [2.75, 3.05) is 13.2 Å². The average Bonchev–Trinajstić information content (AvgIpc) is 3.05. The number of unbranched alkanes of at least 4 members (excludes halogenated alkanes) is 3. The fraction of sp³-hybridized carbons (Fsp3) is 0.385. The number of phenols is 1. The number of benzene rings is 2. The smallest absolute Gasteiger partial charge is 0.295 e. The largest absolute Gasteiger partial charge is 0.508 e. The van der Waals surface area contributed by atoms with Crippen LogP contribution < -0.4 is 4.74 Å². The SMILES string of the molecule is CCCCCOc1ccc(/C(O)=C2/C(=O)C(=O)N(CCCC)C2c2ccc(O)cc2)cc1. The first-order valence-electron chi connectivity index (χ1n) is 11.3. The van der Waals surface area contributed by atoms with Crippen LogP contribution in [-0.2, 0) is 9.59 Å². The van der Waals surface area contributed by atoms with Crippen LogP contribution in [-0.4, -0.2) is 40.0 Å². The number of aromatic hydroxyl groups is 1. The molecule has 2 N–H and O–H groups in total. The summed E-state index contributed by atoms with van der Waals surface area (Å²) in [6.07, 6.45) is 4.81. The zero-order valence-electron chi connectivity index (χ0n) is 18.7. The molecule has 1 aliphatic heterocycles. The number of carbonyl (C=O) groups is 2. The number of rotatable bonds is 10. The van der Waals surface area contributed by atoms with Crippen molar-refractivity contribution in [3.63, 3.8) is 0 Å². The van der Waals surface area contributed by atoms with Gasteiger partial charge in [0.2, 0.25) is 0 Å². The van der Waals surface area contributed by atoms with Gasteiger partial charge < -0.3 is 19.8 Å². The molecule has 1 saturated heterocycles. The molecule has 1 unspecified atom stereocenters. The Hall–Kier alpha value is -3.28. The molecule has 2 aromatic carbocycles. The van der Waals surface area contributed by atoms with Gasteiger partial charge in [0.05, 0.1) is 18.2 Å². The van der Waals surface area contributed by atoms with E-state index in [9.17, 15) is 19.8 Å². The van der Waals surface area contributed by atoms with E-state index in [0.29, 0.717) is 30.0 Å². The third kappa shape index (κ3) is 5.13. The topological polar surface area (TPSA) is 87.1 Å². The molecule has 0 bridgehead atoms. The molecule has 6 nitrogen and oxygen atoms in total. The van der Waals surface area contributed by atoms with E-state index in [0.717, 1.165) is 32.1 Å². The average molecular weight is 438 g/mol. The van der Waals surface area contributed by atoms with Crippen molar-refractivity contribution in [3.05, 3.63) is 65.2 Å². The normalized spacial score (nSPS) is 17.7. The van der Waals surface area contributed by atoms with Crippen LogP contribution in [0.2, 0.25) is 0 Å². The van der Waals surface area contributed by atoms with Gasteiger partial charge in [0.25, 0.3) is 11.7 Å². The molecule has 1 atom stereocenters. The minimum Gasteiger partial charge on any atom is -0.508 e. The number of hydrogen-bond donors (Lipinski definition) is 2. The first-order valence-corrected chi connectivity index (χ1v) is 11.3. The molecule has 1 heterocycles. The lowest BCUT2D eigenvalue weighted by atomic mass is 9.95. The van der Waals surface area contributed by atoms with E-state index in [1.807, 2.05) is 6.92 Å². The van der Waals surface area contributed by atoms with E-state index < -0.39 is 17.7 Å². The number of phenolic OH excluding ortho intramolecular Hbond substituents is 1. The van der Waals surface area contributed by atoms with E-state index >= 15 is 0 Å². The van der Waals surface area contributed by atoms with Gasteiger partial charge in [-0.05, 0) is 54.8 Å². The maximum atomic E-state index is 12.9. The lowest BCUT2D eigenvalue weighted by Crippen LogP contribution is -2.30. The summed E-state index contributed by atoms with van der Waals surface area (Å²) in [5, 5.41) is 20.7. The molecule has 2 aromatic rings. The number of ketones is 1. The number of ether oxygens (including phenoxy) is 1. The fourth-order valence-electron chi connectivity index (χ4n) is 3.85. The van der Waals surface area contributed by atoms with Gasteiger partial charge in [0.15, 0.2) is 0 Å². The van der Waals surface area contributed by atoms with Crippen molar-refractivity contribution in [1.82, 2.24) is 4.90 Å². The number of aliphatic hydroxyl groups is 1. The van der Waals surface area contributed by atoms with Crippen LogP contribution in [0.1, 0.15) is 63.1 Å². The first kappa shape index (κ1) is 23.4. The first-order chi connectivity index (χ1) is 15.5. The van der Waals surface area contributed by atoms with Crippen LogP contribution in [0.4, 0.5) is 0 Å². The number of aliphatic hydroxyl groups excluding tert-OH is 1. The quantitative estimate of drug-likeness (QED) is 0.231. The van der Waals surface area contributed by atoms with Crippen LogP contribution >= 0.6 is 0 Å². The lowest BCUT2D eigenvalue weighted by molar-refractivity contribution is -0.139. The van der Waals surface area contributed by atoms with Crippen molar-refractivity contribution >= 4 is 17.4 Å². The molecule has 1 amide bonds. The third-order valence-corrected chi connectivity index (χ3v) is 5.65. The summed E-state index contributed by atoms with van der Waals surface area (Å²) < 4.78 is 5.72. The summed E-state index contributed by atoms with van der Waals surface area (Å²) in [6, 6.07) is 12.6. The van der Waals surface area contributed by atoms with E-state index in [2.05, 4.69) is 6.92 Å². The monoisotopic (exact) mass is 437 g/mol. The Kier molecular flexibility index (Phi) is 7.92. The Labute approximate surface area is 189 Å². The van der Waals surface area contributed by atoms with E-state index in [1.165, 1.54) is 17.0 Å². The Morgan fingerprint density at radius 2 is 1.59 bits per heavy atom. The molecule has 170 valence electrons. The maximum absolute atomic E-state index is 12.9. The van der Waals surface area contributed by atoms with Gasteiger partial charge in [-0.25, -0.2) is 0 Å². The number of carbonyl (C=O) groups excluding carboxylic acids is 2. The molecule has 6 heteroatoms. The standard InChI is InChI=1S/C26H31NO5/c1-3-5-7-17-32-21-14-10-19(11-15-21)24(29)22-23(18-8-12-20(28)13-9-18)27(16-6-4-2)26(31)25(22)30/h8-15,23,28-29H,3-7,16-17H2,1-2H3/b24-22-. The lowest BCUT2D eigenvalue weighted by Gasteiger charge is -2.25. The molecular weight excluding hydrogens is 406 g/mol. The molecule has 0 saturated carbocycles. The van der Waals surface area contributed by atoms with E-state index in [4.69, 9.17) is 4.74 Å². The molecule has 0 spiro atoms. The van der Waals surface area contributed by atoms with E-state index in [-0.39, 0.29) is 17.1 Å². The second-order valence-electron chi connectivity index (χ2n) is 8.02. The van der Waals surface area contributed by atoms with Gasteiger partial charge in [-0.3, -0.25) is 9.59 Å². The molecule has 0 radical (unpaired) electrons. The van der Waals surface area contributed by atoms with Crippen LogP contribution in [0.5, 0.6) is 11.5 Å². The van der Waals surface area contributed by atoms with Gasteiger partial charge in [0.1, 0.15) is 17.3 Å². The van der Waals surface area contributed by atoms with Crippen molar-refractivity contribution in [3.8, 4) is 11.5 Å². The predicted molar refractivity (Wildman–Crippen MR) is 123 cm³/mol. The Morgan fingerprint density at radius 3 is 2.22 bits per heavy atom. The third-order valence-electron chi connectivity index (χ3n) is 5.65. The molecular formula is C26H31NO5. The molecule has 3 rings (SSSR count). The van der Waals surface area contributed by atoms with Crippen molar-refractivity contribution in [2.45, 2.75) is 52.0 Å². The molecule has 32 heavy (non-hydrogen) atoms. The summed E-state index contributed by atoms with van der Waals surface area (Å²) in [5.41, 5.74) is 1.17. The van der Waals surface area contributed by atoms with Crippen molar-refractivity contribution in [2.24, 2.45) is 0 Å². The second-order valence-corrected chi connectivity index (χ2v) is 8.02. The number of hydrogen-bond acceptors (Lipinski definition) is 5. The summed E-state index contributed by atoms with van der Waals surface area (Å²) in [5.74, 6) is -0.742. The number of amides is 1. The van der Waals surface area contributed by atoms with Gasteiger partial charge in [-0.1, -0.05) is 45.2 Å². The molecule has 0 aliphatic carbocycles. The highest BCUT2D eigenvalue weighted by Gasteiger charge is 2.45. The minimum absolute atomic E-state index is 0.0633. The van der Waals surface area contributed by atoms with E-state index in [1.54, 1.807) is 36.4 Å². The second kappa shape index (κ2) is 10.8. The molecule has 1 fully saturated rings. The minimum atomic E-state index is -0.702. The van der Waals surface area contributed by atoms with Crippen LogP contribution in [0.15, 0.2) is 54.1 Å². The Morgan fingerprint density at radius 1 is 0.938 bits per heavy atom. The summed E-state index contributed by atoms with van der Waals surface area (Å²) >= 11 is 0. The van der Waals surface area contributed by atoms with Crippen LogP contribution in [0.25, 0.3) is 5.76 Å². The number of likely N-dealkylation sites (tertiary alicyclic amines) is 1. The summed E-state index contributed by atoms with van der Waals surface area (Å²) in [7, 11) is 0. The van der Waals surface area contributed by atoms with Crippen molar-refractivity contribution < 1.29 is 24.5 Å². The van der Waals surface area contributed by atoms with Gasteiger partial charge in [-0.2, -0.15) is 0 Å². The molecule has 1 aliphatic rings. The predicted octanol–water partition coefficient (Wildman–Crippen LogP) is 5.18. The maximum Gasteiger partial charge on any atom is 0.295 e. The van der Waals surface area contributed by atoms with Crippen LogP contribution in [0.3, 0.4) is 0 Å². The zero-order valence-corrected chi connectivity index (χ0v) is 18.7. The summed E-state index contributed by atoms with van der Waals surface area (Å²) in [4.78, 5) is 27.2. The summed E-state index contributed by atoms with van der Waals surface area (Å²) in [6.45, 7) is 5.18. The highest BCUT2D eigenvalue weighted by Crippen LogP contribution is 2.40. The van der Waals surface area contributed by atoms with Crippen LogP contribution in [0, 0.1) is 0 Å². The van der Waals surface area contributed by atoms with Gasteiger partial charge >= 0.3 is 0 Å². The highest BCUT2D eigenvalue weighted by atomic mass is 16.5. The highest BCUT2D eigenvalue weighted by molar-refractivity contribution is 6.46. The van der Waals surface area contributed by atoms with Crippen molar-refractivity contribution in [1.29, 1.82) is 0 Å². The number of Topliss-reactive ketones (excluding diaryl/α,β-unsaturated/α-hetero) is 1.